The van der Waals surface area contributed by atoms with Gasteiger partial charge in [-0.15, -0.1) is 0 Å². The molecule has 0 radical (unpaired) electrons. The normalized spacial score (nSPS) is 15.1. The number of hydrogen-bond acceptors (Lipinski definition) is 5. The van der Waals surface area contributed by atoms with Gasteiger partial charge in [0.05, 0.1) is 18.7 Å². The third-order valence-corrected chi connectivity index (χ3v) is 6.93. The lowest BCUT2D eigenvalue weighted by molar-refractivity contribution is -0.141. The maximum absolute atomic E-state index is 13.9. The van der Waals surface area contributed by atoms with Gasteiger partial charge in [0.15, 0.2) is 0 Å². The summed E-state index contributed by atoms with van der Waals surface area (Å²) in [5.74, 6) is -0.810. The number of ether oxygens (including phenoxy) is 1. The smallest absolute Gasteiger partial charge is 0.333 e. The van der Waals surface area contributed by atoms with Crippen LogP contribution >= 0.6 is 0 Å². The zero-order valence-electron chi connectivity index (χ0n) is 25.0. The number of rotatable bonds is 11. The van der Waals surface area contributed by atoms with Crippen molar-refractivity contribution in [2.75, 3.05) is 20.7 Å². The highest BCUT2D eigenvalue weighted by molar-refractivity contribution is 5.92. The number of nitrogens with zero attached hydrogens (tertiary/aromatic N) is 1. The molecule has 0 aromatic heterocycles. The Bertz CT molecular complexity index is 975. The van der Waals surface area contributed by atoms with Crippen molar-refractivity contribution in [2.24, 2.45) is 11.3 Å². The van der Waals surface area contributed by atoms with E-state index in [9.17, 15) is 14.4 Å². The molecule has 37 heavy (non-hydrogen) atoms. The van der Waals surface area contributed by atoms with Crippen LogP contribution in [0.3, 0.4) is 0 Å². The summed E-state index contributed by atoms with van der Waals surface area (Å²) in [6.45, 7) is 19.6. The van der Waals surface area contributed by atoms with Gasteiger partial charge >= 0.3 is 5.97 Å². The number of carbonyl (C=O) groups is 3. The van der Waals surface area contributed by atoms with E-state index in [-0.39, 0.29) is 30.4 Å². The molecule has 0 aliphatic rings. The van der Waals surface area contributed by atoms with Gasteiger partial charge in [0.2, 0.25) is 11.8 Å². The van der Waals surface area contributed by atoms with Gasteiger partial charge in [-0.1, -0.05) is 84.4 Å². The second kappa shape index (κ2) is 13.2. The van der Waals surface area contributed by atoms with Gasteiger partial charge in [-0.05, 0) is 44.7 Å². The minimum absolute atomic E-state index is 0.0416. The molecule has 7 heteroatoms. The molecule has 0 saturated heterocycles. The Balaban J connectivity index is 3.31. The molecule has 0 aliphatic heterocycles. The summed E-state index contributed by atoms with van der Waals surface area (Å²) in [5.41, 5.74) is 1.54. The van der Waals surface area contributed by atoms with E-state index in [1.807, 2.05) is 73.6 Å². The quantitative estimate of drug-likeness (QED) is 0.337. The minimum atomic E-state index is -0.772. The van der Waals surface area contributed by atoms with Crippen LogP contribution in [0.5, 0.6) is 0 Å². The zero-order chi connectivity index (χ0) is 28.7. The molecule has 0 spiro atoms. The van der Waals surface area contributed by atoms with E-state index in [1.54, 1.807) is 38.9 Å². The largest absolute Gasteiger partial charge is 0.463 e. The first-order valence-electron chi connectivity index (χ1n) is 13.2. The average molecular weight is 516 g/mol. The van der Waals surface area contributed by atoms with Crippen LogP contribution in [-0.2, 0) is 24.5 Å². The molecule has 0 saturated carbocycles. The monoisotopic (exact) mass is 515 g/mol. The summed E-state index contributed by atoms with van der Waals surface area (Å²) >= 11 is 0. The van der Waals surface area contributed by atoms with Gasteiger partial charge < -0.3 is 20.3 Å². The molecule has 0 aliphatic carbocycles. The van der Waals surface area contributed by atoms with E-state index in [4.69, 9.17) is 4.74 Å². The van der Waals surface area contributed by atoms with E-state index in [0.717, 1.165) is 11.1 Å². The van der Waals surface area contributed by atoms with Crippen molar-refractivity contribution in [3.8, 4) is 0 Å². The van der Waals surface area contributed by atoms with Crippen molar-refractivity contribution in [3.05, 3.63) is 47.0 Å². The second-order valence-electron chi connectivity index (χ2n) is 11.9. The van der Waals surface area contributed by atoms with Crippen molar-refractivity contribution in [2.45, 2.75) is 92.8 Å². The van der Waals surface area contributed by atoms with Crippen molar-refractivity contribution < 1.29 is 19.1 Å². The Morgan fingerprint density at radius 1 is 1.08 bits per heavy atom. The van der Waals surface area contributed by atoms with Crippen LogP contribution in [-0.4, -0.2) is 61.5 Å². The summed E-state index contributed by atoms with van der Waals surface area (Å²) in [6.07, 6.45) is 1.78. The van der Waals surface area contributed by atoms with Crippen LogP contribution in [0.4, 0.5) is 0 Å². The Morgan fingerprint density at radius 2 is 1.68 bits per heavy atom. The zero-order valence-corrected chi connectivity index (χ0v) is 25.0. The minimum Gasteiger partial charge on any atom is -0.463 e. The highest BCUT2D eigenvalue weighted by Crippen LogP contribution is 2.29. The Hall–Kier alpha value is -2.67. The second-order valence-corrected chi connectivity index (χ2v) is 11.9. The fourth-order valence-electron chi connectivity index (χ4n) is 4.58. The van der Waals surface area contributed by atoms with E-state index < -0.39 is 28.9 Å². The Labute approximate surface area is 224 Å². The third kappa shape index (κ3) is 8.42. The molecule has 1 aromatic rings. The molecular formula is C30H49N3O4. The van der Waals surface area contributed by atoms with E-state index >= 15 is 0 Å². The molecule has 0 fully saturated rings. The summed E-state index contributed by atoms with van der Waals surface area (Å²) in [4.78, 5) is 41.4. The molecule has 1 unspecified atom stereocenters. The average Bonchev–Trinajstić information content (AvgIpc) is 2.79. The van der Waals surface area contributed by atoms with Crippen LogP contribution in [0.2, 0.25) is 0 Å². The molecule has 2 amide bonds. The number of carbonyl (C=O) groups excluding carboxylic acids is 3. The van der Waals surface area contributed by atoms with Gasteiger partial charge in [-0.3, -0.25) is 9.59 Å². The first-order valence-corrected chi connectivity index (χ1v) is 13.2. The standard InChI is InChI=1S/C30H49N3O4/c1-13-37-28(36)21(5)18-23(19(2)3)33(12)27(35)25(29(6,7)8)32-26(34)24(31-11)30(9,10)22-16-14-15-20(4)17-22/h14-19,23-25,31H,13H2,1-12H3,(H,32,34)/b21-18+/t23-,24+,25?/m1/s1. The van der Waals surface area contributed by atoms with Crippen LogP contribution in [0, 0.1) is 18.3 Å². The first kappa shape index (κ1) is 32.4. The predicted octanol–water partition coefficient (Wildman–Crippen LogP) is 4.38. The topological polar surface area (TPSA) is 87.7 Å². The van der Waals surface area contributed by atoms with Crippen LogP contribution in [0.25, 0.3) is 0 Å². The lowest BCUT2D eigenvalue weighted by atomic mass is 9.76. The van der Waals surface area contributed by atoms with Crippen LogP contribution in [0.1, 0.15) is 73.4 Å². The van der Waals surface area contributed by atoms with E-state index in [0.29, 0.717) is 5.57 Å². The molecule has 1 rings (SSSR count). The van der Waals surface area contributed by atoms with Gasteiger partial charge in [0.25, 0.3) is 0 Å². The molecule has 7 nitrogen and oxygen atoms in total. The molecule has 1 aromatic carbocycles. The lowest BCUT2D eigenvalue weighted by Gasteiger charge is -2.40. The Morgan fingerprint density at radius 3 is 2.14 bits per heavy atom. The number of nitrogens with one attached hydrogen (secondary N) is 2. The Kier molecular flexibility index (Phi) is 11.6. The predicted molar refractivity (Wildman–Crippen MR) is 150 cm³/mol. The number of benzene rings is 1. The van der Waals surface area contributed by atoms with Gasteiger partial charge in [-0.2, -0.15) is 0 Å². The highest BCUT2D eigenvalue weighted by atomic mass is 16.5. The molecular weight excluding hydrogens is 466 g/mol. The van der Waals surface area contributed by atoms with Gasteiger partial charge in [-0.25, -0.2) is 4.79 Å². The lowest BCUT2D eigenvalue weighted by Crippen LogP contribution is -2.61. The van der Waals surface area contributed by atoms with Crippen molar-refractivity contribution in [1.29, 1.82) is 0 Å². The van der Waals surface area contributed by atoms with Gasteiger partial charge in [0, 0.05) is 18.0 Å². The summed E-state index contributed by atoms with van der Waals surface area (Å²) < 4.78 is 5.12. The fraction of sp³-hybridized carbons (Fsp3) is 0.633. The van der Waals surface area contributed by atoms with Crippen molar-refractivity contribution in [1.82, 2.24) is 15.5 Å². The van der Waals surface area contributed by atoms with Gasteiger partial charge in [0.1, 0.15) is 6.04 Å². The number of aryl methyl sites for hydroxylation is 1. The number of esters is 1. The molecule has 2 N–H and O–H groups in total. The molecule has 208 valence electrons. The maximum atomic E-state index is 13.9. The first-order chi connectivity index (χ1) is 17.0. The number of hydrogen-bond donors (Lipinski definition) is 2. The number of amides is 2. The van der Waals surface area contributed by atoms with Crippen molar-refractivity contribution >= 4 is 17.8 Å². The molecule has 3 atom stereocenters. The highest BCUT2D eigenvalue weighted by Gasteiger charge is 2.41. The number of likely N-dealkylation sites (N-methyl/N-ethyl adjacent to an activating group) is 2. The van der Waals surface area contributed by atoms with E-state index in [1.165, 1.54) is 0 Å². The third-order valence-electron chi connectivity index (χ3n) is 6.93. The fourth-order valence-corrected chi connectivity index (χ4v) is 4.58. The molecule has 0 heterocycles. The molecule has 0 bridgehead atoms. The van der Waals surface area contributed by atoms with Crippen LogP contribution < -0.4 is 10.6 Å². The summed E-state index contributed by atoms with van der Waals surface area (Å²) in [7, 11) is 3.48. The summed E-state index contributed by atoms with van der Waals surface area (Å²) in [6, 6.07) is 6.45. The maximum Gasteiger partial charge on any atom is 0.333 e. The summed E-state index contributed by atoms with van der Waals surface area (Å²) in [5, 5.41) is 6.24. The SMILES string of the molecule is CCOC(=O)/C(C)=C/[C@H](C(C)C)N(C)C(=O)C(NC(=O)[C@H](NC)C(C)(C)c1cccc(C)c1)C(C)(C)C. The van der Waals surface area contributed by atoms with Crippen molar-refractivity contribution in [3.63, 3.8) is 0 Å². The van der Waals surface area contributed by atoms with Crippen LogP contribution in [0.15, 0.2) is 35.9 Å². The van der Waals surface area contributed by atoms with E-state index in [2.05, 4.69) is 16.7 Å².